The van der Waals surface area contributed by atoms with Crippen molar-refractivity contribution in [2.75, 3.05) is 24.2 Å². The summed E-state index contributed by atoms with van der Waals surface area (Å²) in [5, 5.41) is 9.15. The van der Waals surface area contributed by atoms with E-state index < -0.39 is 17.8 Å². The molecule has 1 saturated carbocycles. The lowest BCUT2D eigenvalue weighted by molar-refractivity contribution is -0.144. The average molecular weight is 376 g/mol. The summed E-state index contributed by atoms with van der Waals surface area (Å²) in [5.74, 6) is -2.04. The lowest BCUT2D eigenvalue weighted by Gasteiger charge is -2.27. The number of rotatable bonds is 7. The Balaban J connectivity index is 1.69. The van der Waals surface area contributed by atoms with E-state index in [1.54, 1.807) is 28.5 Å². The number of carboxylic acid groups (broad SMARTS) is 1. The highest BCUT2D eigenvalue weighted by atomic mass is 32.2. The molecule has 1 aromatic carbocycles. The van der Waals surface area contributed by atoms with E-state index in [0.717, 1.165) is 23.4 Å². The Labute approximate surface area is 157 Å². The van der Waals surface area contributed by atoms with Gasteiger partial charge in [-0.2, -0.15) is 0 Å². The number of hydrogen-bond acceptors (Lipinski definition) is 4. The van der Waals surface area contributed by atoms with E-state index in [1.165, 1.54) is 0 Å². The summed E-state index contributed by atoms with van der Waals surface area (Å²) in [6.45, 7) is 2.19. The van der Waals surface area contributed by atoms with Crippen LogP contribution in [0.5, 0.6) is 0 Å². The van der Waals surface area contributed by atoms with E-state index in [9.17, 15) is 14.4 Å². The zero-order valence-corrected chi connectivity index (χ0v) is 15.9. The molecule has 7 heteroatoms. The second kappa shape index (κ2) is 7.70. The quantitative estimate of drug-likeness (QED) is 0.740. The maximum Gasteiger partial charge on any atom is 0.308 e. The fourth-order valence-electron chi connectivity index (χ4n) is 3.30. The van der Waals surface area contributed by atoms with Crippen molar-refractivity contribution in [2.24, 2.45) is 11.8 Å². The van der Waals surface area contributed by atoms with Gasteiger partial charge in [0.1, 0.15) is 0 Å². The number of thioether (sulfide) groups is 1. The first-order valence-electron chi connectivity index (χ1n) is 8.88. The van der Waals surface area contributed by atoms with E-state index in [1.807, 2.05) is 30.5 Å². The molecule has 0 radical (unpaired) electrons. The molecule has 1 aliphatic carbocycles. The second-order valence-corrected chi connectivity index (χ2v) is 7.94. The third-order valence-corrected chi connectivity index (χ3v) is 5.76. The summed E-state index contributed by atoms with van der Waals surface area (Å²) >= 11 is 1.64. The molecule has 1 aromatic rings. The van der Waals surface area contributed by atoms with Crippen LogP contribution in [0.4, 0.5) is 5.69 Å². The maximum absolute atomic E-state index is 13.0. The van der Waals surface area contributed by atoms with Crippen LogP contribution in [0.3, 0.4) is 0 Å². The Morgan fingerprint density at radius 1 is 1.31 bits per heavy atom. The van der Waals surface area contributed by atoms with Crippen LogP contribution in [-0.2, 0) is 14.4 Å². The lowest BCUT2D eigenvalue weighted by atomic mass is 10.1. The summed E-state index contributed by atoms with van der Waals surface area (Å²) in [6, 6.07) is 7.87. The van der Waals surface area contributed by atoms with E-state index in [0.29, 0.717) is 6.54 Å². The summed E-state index contributed by atoms with van der Waals surface area (Å²) < 4.78 is 0. The minimum Gasteiger partial charge on any atom is -0.481 e. The first-order valence-corrected chi connectivity index (χ1v) is 10.1. The molecule has 0 spiro atoms. The van der Waals surface area contributed by atoms with Gasteiger partial charge >= 0.3 is 5.97 Å². The van der Waals surface area contributed by atoms with Crippen LogP contribution in [0.15, 0.2) is 29.2 Å². The molecule has 3 rings (SSSR count). The third kappa shape index (κ3) is 4.03. The Bertz CT molecular complexity index is 702. The number of hydrogen-bond donors (Lipinski definition) is 1. The fourth-order valence-corrected chi connectivity index (χ4v) is 3.71. The second-order valence-electron chi connectivity index (χ2n) is 7.06. The van der Waals surface area contributed by atoms with Crippen LogP contribution >= 0.6 is 11.8 Å². The first kappa shape index (κ1) is 18.8. The molecule has 2 aliphatic rings. The molecule has 6 nitrogen and oxygen atoms in total. The maximum atomic E-state index is 13.0. The van der Waals surface area contributed by atoms with Crippen LogP contribution < -0.4 is 4.90 Å². The molecule has 1 heterocycles. The highest BCUT2D eigenvalue weighted by Gasteiger charge is 2.42. The van der Waals surface area contributed by atoms with Gasteiger partial charge in [0.05, 0.1) is 11.8 Å². The topological polar surface area (TPSA) is 77.9 Å². The highest BCUT2D eigenvalue weighted by molar-refractivity contribution is 7.98. The van der Waals surface area contributed by atoms with Crippen molar-refractivity contribution in [1.29, 1.82) is 0 Å². The van der Waals surface area contributed by atoms with E-state index in [-0.39, 0.29) is 30.8 Å². The molecule has 140 valence electrons. The fraction of sp³-hybridized carbons (Fsp3) is 0.526. The molecular weight excluding hydrogens is 352 g/mol. The molecule has 2 amide bonds. The van der Waals surface area contributed by atoms with Gasteiger partial charge in [-0.3, -0.25) is 14.4 Å². The lowest BCUT2D eigenvalue weighted by Crippen LogP contribution is -2.42. The van der Waals surface area contributed by atoms with Crippen molar-refractivity contribution in [3.63, 3.8) is 0 Å². The largest absolute Gasteiger partial charge is 0.481 e. The zero-order chi connectivity index (χ0) is 18.8. The Kier molecular flexibility index (Phi) is 5.55. The first-order chi connectivity index (χ1) is 12.4. The molecule has 1 aliphatic heterocycles. The third-order valence-electron chi connectivity index (χ3n) is 5.02. The molecule has 0 aromatic heterocycles. The molecule has 1 saturated heterocycles. The SMILES string of the molecule is CSc1ccc(N2CC(C(=O)N(CC(C)C(=O)O)C3CC3)CC2=O)cc1. The molecule has 0 bridgehead atoms. The van der Waals surface area contributed by atoms with Crippen molar-refractivity contribution in [2.45, 2.75) is 37.1 Å². The van der Waals surface area contributed by atoms with E-state index >= 15 is 0 Å². The van der Waals surface area contributed by atoms with Crippen molar-refractivity contribution < 1.29 is 19.5 Å². The van der Waals surface area contributed by atoms with Crippen molar-refractivity contribution in [3.8, 4) is 0 Å². The van der Waals surface area contributed by atoms with Gasteiger partial charge in [0.25, 0.3) is 0 Å². The van der Waals surface area contributed by atoms with Gasteiger partial charge in [0.2, 0.25) is 11.8 Å². The number of amides is 2. The molecular formula is C19H24N2O4S. The average Bonchev–Trinajstić information content (AvgIpc) is 3.40. The predicted octanol–water partition coefficient (Wildman–Crippen LogP) is 2.47. The smallest absolute Gasteiger partial charge is 0.308 e. The van der Waals surface area contributed by atoms with Crippen molar-refractivity contribution in [1.82, 2.24) is 4.90 Å². The summed E-state index contributed by atoms with van der Waals surface area (Å²) in [6.07, 6.45) is 4.01. The van der Waals surface area contributed by atoms with Gasteiger partial charge in [-0.25, -0.2) is 0 Å². The number of nitrogens with zero attached hydrogens (tertiary/aromatic N) is 2. The van der Waals surface area contributed by atoms with Crippen LogP contribution in [0.1, 0.15) is 26.2 Å². The van der Waals surface area contributed by atoms with Crippen molar-refractivity contribution in [3.05, 3.63) is 24.3 Å². The van der Waals surface area contributed by atoms with Gasteiger partial charge in [0.15, 0.2) is 0 Å². The number of anilines is 1. The Morgan fingerprint density at radius 2 is 1.96 bits per heavy atom. The Hall–Kier alpha value is -2.02. The molecule has 26 heavy (non-hydrogen) atoms. The van der Waals surface area contributed by atoms with Gasteiger partial charge < -0.3 is 14.9 Å². The number of carboxylic acids is 1. The number of carbonyl (C=O) groups excluding carboxylic acids is 2. The molecule has 2 atom stereocenters. The van der Waals surface area contributed by atoms with E-state index in [4.69, 9.17) is 5.11 Å². The standard InChI is InChI=1S/C19H24N2O4S/c1-12(19(24)25)10-21(15-3-4-15)18(23)13-9-17(22)20(11-13)14-5-7-16(26-2)8-6-14/h5-8,12-13,15H,3-4,9-11H2,1-2H3,(H,24,25). The zero-order valence-electron chi connectivity index (χ0n) is 15.1. The predicted molar refractivity (Wildman–Crippen MR) is 100 cm³/mol. The summed E-state index contributed by atoms with van der Waals surface area (Å²) in [4.78, 5) is 41.0. The van der Waals surface area contributed by atoms with Crippen LogP contribution in [0, 0.1) is 11.8 Å². The normalized spacial score (nSPS) is 20.9. The van der Waals surface area contributed by atoms with E-state index in [2.05, 4.69) is 0 Å². The number of carbonyl (C=O) groups is 3. The van der Waals surface area contributed by atoms with Crippen molar-refractivity contribution >= 4 is 35.2 Å². The Morgan fingerprint density at radius 3 is 2.50 bits per heavy atom. The number of aliphatic carboxylic acids is 1. The van der Waals surface area contributed by atoms with Crippen LogP contribution in [-0.4, -0.2) is 53.2 Å². The van der Waals surface area contributed by atoms with Gasteiger partial charge in [-0.15, -0.1) is 11.8 Å². The van der Waals surface area contributed by atoms with Crippen LogP contribution in [0.2, 0.25) is 0 Å². The summed E-state index contributed by atoms with van der Waals surface area (Å²) in [5.41, 5.74) is 0.806. The molecule has 2 unspecified atom stereocenters. The van der Waals surface area contributed by atoms with Gasteiger partial charge in [-0.1, -0.05) is 6.92 Å². The minimum atomic E-state index is -0.901. The summed E-state index contributed by atoms with van der Waals surface area (Å²) in [7, 11) is 0. The highest BCUT2D eigenvalue weighted by Crippen LogP contribution is 2.33. The minimum absolute atomic E-state index is 0.0534. The van der Waals surface area contributed by atoms with Gasteiger partial charge in [0, 0.05) is 36.1 Å². The van der Waals surface area contributed by atoms with Gasteiger partial charge in [-0.05, 0) is 43.4 Å². The number of benzene rings is 1. The molecule has 2 fully saturated rings. The monoisotopic (exact) mass is 376 g/mol. The van der Waals surface area contributed by atoms with Crippen LogP contribution in [0.25, 0.3) is 0 Å². The molecule has 1 N–H and O–H groups in total.